The minimum Gasteiger partial charge on any atom is -0.455 e. The van der Waals surface area contributed by atoms with E-state index in [-0.39, 0.29) is 0 Å². The maximum atomic E-state index is 6.52. The fourth-order valence-corrected chi connectivity index (χ4v) is 6.60. The smallest absolute Gasteiger partial charge is 0.143 e. The monoisotopic (exact) mass is 474 g/mol. The van der Waals surface area contributed by atoms with Gasteiger partial charge in [0.2, 0.25) is 0 Å². The molecule has 2 aliphatic rings. The average Bonchev–Trinajstić information content (AvgIpc) is 3.35. The molecule has 176 valence electrons. The predicted molar refractivity (Wildman–Crippen MR) is 157 cm³/mol. The number of para-hydroxylation sites is 2. The van der Waals surface area contributed by atoms with E-state index in [1.165, 1.54) is 60.2 Å². The summed E-state index contributed by atoms with van der Waals surface area (Å²) in [5.41, 5.74) is 10.2. The second-order valence-corrected chi connectivity index (χ2v) is 10.3. The van der Waals surface area contributed by atoms with Crippen LogP contribution in [0.4, 0.5) is 0 Å². The van der Waals surface area contributed by atoms with Gasteiger partial charge in [0.15, 0.2) is 0 Å². The van der Waals surface area contributed by atoms with Crippen molar-refractivity contribution in [3.05, 3.63) is 126 Å². The first-order chi connectivity index (χ1) is 18.4. The van der Waals surface area contributed by atoms with Crippen molar-refractivity contribution in [1.82, 2.24) is 0 Å². The molecule has 0 unspecified atom stereocenters. The number of hydrogen-bond acceptors (Lipinski definition) is 1. The summed E-state index contributed by atoms with van der Waals surface area (Å²) < 4.78 is 6.52. The maximum Gasteiger partial charge on any atom is 0.143 e. The molecule has 37 heavy (non-hydrogen) atoms. The summed E-state index contributed by atoms with van der Waals surface area (Å²) in [4.78, 5) is 0. The summed E-state index contributed by atoms with van der Waals surface area (Å²) in [5.74, 6) is 0. The van der Waals surface area contributed by atoms with Crippen LogP contribution < -0.4 is 0 Å². The van der Waals surface area contributed by atoms with E-state index in [0.717, 1.165) is 42.4 Å². The fraction of sp³-hybridized carbons (Fsp3) is 0.111. The van der Waals surface area contributed by atoms with Gasteiger partial charge in [-0.2, -0.15) is 0 Å². The van der Waals surface area contributed by atoms with Crippen molar-refractivity contribution in [2.24, 2.45) is 0 Å². The first kappa shape index (κ1) is 20.8. The van der Waals surface area contributed by atoms with Gasteiger partial charge in [-0.15, -0.1) is 0 Å². The molecule has 1 nitrogen and oxygen atoms in total. The molecule has 0 bridgehead atoms. The minimum absolute atomic E-state index is 0.938. The van der Waals surface area contributed by atoms with Gasteiger partial charge in [0.1, 0.15) is 11.2 Å². The zero-order valence-electron chi connectivity index (χ0n) is 20.6. The third kappa shape index (κ3) is 3.10. The SMILES string of the molecule is C1=CC2=C(C=C(c3c4ccccc4c(-c4cccc5c4oc4ccccc45)c4ccccc34)CC2)CC1. The van der Waals surface area contributed by atoms with Gasteiger partial charge in [-0.3, -0.25) is 0 Å². The summed E-state index contributed by atoms with van der Waals surface area (Å²) in [5, 5.41) is 7.56. The van der Waals surface area contributed by atoms with Gasteiger partial charge in [0, 0.05) is 21.9 Å². The highest BCUT2D eigenvalue weighted by Gasteiger charge is 2.22. The Labute approximate surface area is 216 Å². The van der Waals surface area contributed by atoms with Crippen LogP contribution in [0.3, 0.4) is 0 Å². The van der Waals surface area contributed by atoms with E-state index in [4.69, 9.17) is 4.42 Å². The van der Waals surface area contributed by atoms with Crippen LogP contribution in [0, 0.1) is 0 Å². The summed E-state index contributed by atoms with van der Waals surface area (Å²) >= 11 is 0. The molecule has 5 aromatic carbocycles. The maximum absolute atomic E-state index is 6.52. The molecule has 1 aromatic heterocycles. The molecule has 0 saturated carbocycles. The Hall–Kier alpha value is -4.36. The molecule has 0 N–H and O–H groups in total. The molecular weight excluding hydrogens is 448 g/mol. The highest BCUT2D eigenvalue weighted by Crippen LogP contribution is 2.47. The van der Waals surface area contributed by atoms with Gasteiger partial charge in [-0.25, -0.2) is 0 Å². The van der Waals surface area contributed by atoms with E-state index in [1.54, 1.807) is 0 Å². The Morgan fingerprint density at radius 3 is 1.92 bits per heavy atom. The fourth-order valence-electron chi connectivity index (χ4n) is 6.60. The largest absolute Gasteiger partial charge is 0.455 e. The number of rotatable bonds is 2. The number of furan rings is 1. The van der Waals surface area contributed by atoms with E-state index in [1.807, 2.05) is 6.07 Å². The molecule has 0 amide bonds. The van der Waals surface area contributed by atoms with Crippen LogP contribution in [0.15, 0.2) is 125 Å². The van der Waals surface area contributed by atoms with Crippen LogP contribution >= 0.6 is 0 Å². The molecule has 6 aromatic rings. The number of hydrogen-bond donors (Lipinski definition) is 0. The van der Waals surface area contributed by atoms with Crippen molar-refractivity contribution in [2.45, 2.75) is 25.7 Å². The Kier molecular flexibility index (Phi) is 4.54. The molecule has 1 heterocycles. The lowest BCUT2D eigenvalue weighted by Crippen LogP contribution is -2.02. The van der Waals surface area contributed by atoms with E-state index in [0.29, 0.717) is 0 Å². The highest BCUT2D eigenvalue weighted by molar-refractivity contribution is 6.22. The summed E-state index contributed by atoms with van der Waals surface area (Å²) in [6.07, 6.45) is 11.7. The minimum atomic E-state index is 0.938. The average molecular weight is 475 g/mol. The molecule has 0 spiro atoms. The van der Waals surface area contributed by atoms with Crippen molar-refractivity contribution in [2.75, 3.05) is 0 Å². The van der Waals surface area contributed by atoms with Crippen molar-refractivity contribution < 1.29 is 4.42 Å². The third-order valence-electron chi connectivity index (χ3n) is 8.25. The van der Waals surface area contributed by atoms with Gasteiger partial charge in [-0.05, 0) is 75.6 Å². The number of allylic oxidation sites excluding steroid dienone is 6. The molecule has 0 saturated heterocycles. The molecule has 0 radical (unpaired) electrons. The van der Waals surface area contributed by atoms with Crippen molar-refractivity contribution in [1.29, 1.82) is 0 Å². The zero-order chi connectivity index (χ0) is 24.3. The lowest BCUT2D eigenvalue weighted by atomic mass is 9.80. The number of benzene rings is 5. The second kappa shape index (κ2) is 8.08. The van der Waals surface area contributed by atoms with Crippen LogP contribution in [0.2, 0.25) is 0 Å². The first-order valence-corrected chi connectivity index (χ1v) is 13.3. The summed E-state index contributed by atoms with van der Waals surface area (Å²) in [7, 11) is 0. The van der Waals surface area contributed by atoms with Gasteiger partial charge >= 0.3 is 0 Å². The Morgan fingerprint density at radius 1 is 0.514 bits per heavy atom. The lowest BCUT2D eigenvalue weighted by Gasteiger charge is -2.24. The molecule has 0 atom stereocenters. The van der Waals surface area contributed by atoms with Crippen LogP contribution in [-0.4, -0.2) is 0 Å². The third-order valence-corrected chi connectivity index (χ3v) is 8.25. The molecule has 0 fully saturated rings. The first-order valence-electron chi connectivity index (χ1n) is 13.3. The molecule has 2 aliphatic carbocycles. The van der Waals surface area contributed by atoms with E-state index in [9.17, 15) is 0 Å². The molecule has 0 aliphatic heterocycles. The summed E-state index contributed by atoms with van der Waals surface area (Å²) in [6.45, 7) is 0. The van der Waals surface area contributed by atoms with Gasteiger partial charge in [-0.1, -0.05) is 103 Å². The zero-order valence-corrected chi connectivity index (χ0v) is 20.6. The highest BCUT2D eigenvalue weighted by atomic mass is 16.3. The standard InChI is InChI=1S/C36H26O/c1-2-11-24-22-25(21-20-23(24)10-1)34-27-13-3-5-15-29(27)35(30-16-6-4-14-28(30)34)32-18-9-17-31-26-12-7-8-19-33(26)37-36(31)32/h1,3-10,12-19,22H,2,11,20-21H2. The van der Waals surface area contributed by atoms with Crippen LogP contribution in [-0.2, 0) is 0 Å². The van der Waals surface area contributed by atoms with E-state index < -0.39 is 0 Å². The Bertz CT molecular complexity index is 1920. The van der Waals surface area contributed by atoms with E-state index in [2.05, 4.69) is 103 Å². The quantitative estimate of drug-likeness (QED) is 0.227. The van der Waals surface area contributed by atoms with Gasteiger partial charge < -0.3 is 4.42 Å². The lowest BCUT2D eigenvalue weighted by molar-refractivity contribution is 0.670. The van der Waals surface area contributed by atoms with Crippen molar-refractivity contribution in [3.8, 4) is 11.1 Å². The normalized spacial score (nSPS) is 15.6. The summed E-state index contributed by atoms with van der Waals surface area (Å²) in [6, 6.07) is 32.9. The van der Waals surface area contributed by atoms with E-state index >= 15 is 0 Å². The number of fused-ring (bicyclic) bond motifs is 5. The molecule has 8 rings (SSSR count). The van der Waals surface area contributed by atoms with Gasteiger partial charge in [0.05, 0.1) is 0 Å². The topological polar surface area (TPSA) is 13.1 Å². The molecular formula is C36H26O. The van der Waals surface area contributed by atoms with Crippen LogP contribution in [0.1, 0.15) is 31.2 Å². The Morgan fingerprint density at radius 2 is 1.16 bits per heavy atom. The van der Waals surface area contributed by atoms with Crippen LogP contribution in [0.5, 0.6) is 0 Å². The van der Waals surface area contributed by atoms with Crippen molar-refractivity contribution >= 4 is 49.1 Å². The van der Waals surface area contributed by atoms with Crippen LogP contribution in [0.25, 0.3) is 60.2 Å². The second-order valence-electron chi connectivity index (χ2n) is 10.3. The van der Waals surface area contributed by atoms with Gasteiger partial charge in [0.25, 0.3) is 0 Å². The molecule has 1 heteroatoms. The van der Waals surface area contributed by atoms with Crippen molar-refractivity contribution in [3.63, 3.8) is 0 Å². The Balaban J connectivity index is 1.49. The predicted octanol–water partition coefficient (Wildman–Crippen LogP) is 10.4.